The van der Waals surface area contributed by atoms with E-state index in [1.165, 1.54) is 0 Å². The van der Waals surface area contributed by atoms with Crippen LogP contribution in [0.5, 0.6) is 0 Å². The molecular weight excluding hydrogens is 140 g/mol. The van der Waals surface area contributed by atoms with E-state index in [1.54, 1.807) is 0 Å². The van der Waals surface area contributed by atoms with Gasteiger partial charge in [-0.05, 0) is 20.3 Å². The highest BCUT2D eigenvalue weighted by atomic mass is 16.7. The quantitative estimate of drug-likeness (QED) is 0.582. The molecule has 1 fully saturated rings. The van der Waals surface area contributed by atoms with Crippen LogP contribution in [0.15, 0.2) is 12.2 Å². The summed E-state index contributed by atoms with van der Waals surface area (Å²) in [7, 11) is 0. The number of ether oxygens (including phenoxy) is 2. The van der Waals surface area contributed by atoms with Gasteiger partial charge in [0.15, 0.2) is 5.79 Å². The van der Waals surface area contributed by atoms with E-state index >= 15 is 0 Å². The Hall–Kier alpha value is -0.340. The molecule has 0 radical (unpaired) electrons. The predicted molar refractivity (Wildman–Crippen MR) is 44.4 cm³/mol. The highest BCUT2D eigenvalue weighted by Crippen LogP contribution is 2.23. The molecule has 2 nitrogen and oxygen atoms in total. The molecule has 1 aliphatic heterocycles. The maximum absolute atomic E-state index is 5.43. The summed E-state index contributed by atoms with van der Waals surface area (Å²) < 4.78 is 10.9. The Balaban J connectivity index is 2.23. The first-order valence-electron chi connectivity index (χ1n) is 4.16. The Kier molecular flexibility index (Phi) is 3.09. The molecule has 0 bridgehead atoms. The molecule has 0 unspecified atom stereocenters. The zero-order valence-electron chi connectivity index (χ0n) is 7.30. The minimum Gasteiger partial charge on any atom is -0.348 e. The van der Waals surface area contributed by atoms with Crippen molar-refractivity contribution in [2.75, 3.05) is 13.2 Å². The van der Waals surface area contributed by atoms with E-state index < -0.39 is 0 Å². The van der Waals surface area contributed by atoms with Crippen LogP contribution < -0.4 is 0 Å². The molecule has 0 N–H and O–H groups in total. The molecule has 0 aliphatic carbocycles. The van der Waals surface area contributed by atoms with Crippen LogP contribution >= 0.6 is 0 Å². The van der Waals surface area contributed by atoms with Crippen LogP contribution in [0.25, 0.3) is 0 Å². The molecule has 0 atom stereocenters. The molecule has 64 valence electrons. The summed E-state index contributed by atoms with van der Waals surface area (Å²) in [6.07, 6.45) is 6.18. The first-order valence-corrected chi connectivity index (χ1v) is 4.16. The molecule has 1 rings (SSSR count). The standard InChI is InChI=1S/C9H16O2/c1-3-4-5-6-9(2)10-7-8-11-9/h3-4H,5-8H2,1-2H3/b4-3+. The normalized spacial score (nSPS) is 23.1. The van der Waals surface area contributed by atoms with E-state index in [9.17, 15) is 0 Å². The van der Waals surface area contributed by atoms with Crippen molar-refractivity contribution in [1.29, 1.82) is 0 Å². The van der Waals surface area contributed by atoms with Gasteiger partial charge in [0.2, 0.25) is 0 Å². The van der Waals surface area contributed by atoms with Gasteiger partial charge in [0.1, 0.15) is 0 Å². The van der Waals surface area contributed by atoms with Gasteiger partial charge in [-0.3, -0.25) is 0 Å². The molecule has 0 aromatic carbocycles. The largest absolute Gasteiger partial charge is 0.348 e. The Morgan fingerprint density at radius 3 is 2.55 bits per heavy atom. The lowest BCUT2D eigenvalue weighted by molar-refractivity contribution is -0.145. The van der Waals surface area contributed by atoms with Crippen LogP contribution in [-0.2, 0) is 9.47 Å². The second-order valence-corrected chi connectivity index (χ2v) is 2.94. The van der Waals surface area contributed by atoms with Crippen LogP contribution in [0.1, 0.15) is 26.7 Å². The van der Waals surface area contributed by atoms with Gasteiger partial charge < -0.3 is 9.47 Å². The van der Waals surface area contributed by atoms with Gasteiger partial charge in [0, 0.05) is 6.42 Å². The molecule has 0 aromatic rings. The second kappa shape index (κ2) is 3.88. The SMILES string of the molecule is C/C=C/CCC1(C)OCCO1. The molecule has 1 heterocycles. The van der Waals surface area contributed by atoms with Crippen molar-refractivity contribution in [1.82, 2.24) is 0 Å². The van der Waals surface area contributed by atoms with E-state index in [-0.39, 0.29) is 5.79 Å². The van der Waals surface area contributed by atoms with Gasteiger partial charge in [-0.1, -0.05) is 12.2 Å². The van der Waals surface area contributed by atoms with Crippen LogP contribution in [0.3, 0.4) is 0 Å². The first kappa shape index (κ1) is 8.75. The fourth-order valence-corrected chi connectivity index (χ4v) is 1.21. The van der Waals surface area contributed by atoms with Crippen molar-refractivity contribution in [2.45, 2.75) is 32.5 Å². The summed E-state index contributed by atoms with van der Waals surface area (Å²) in [6.45, 7) is 5.51. The second-order valence-electron chi connectivity index (χ2n) is 2.94. The van der Waals surface area contributed by atoms with Crippen molar-refractivity contribution in [3.05, 3.63) is 12.2 Å². The Labute approximate surface area is 68.2 Å². The average molecular weight is 156 g/mol. The van der Waals surface area contributed by atoms with Gasteiger partial charge in [-0.25, -0.2) is 0 Å². The van der Waals surface area contributed by atoms with Gasteiger partial charge in [-0.15, -0.1) is 0 Å². The molecular formula is C9H16O2. The topological polar surface area (TPSA) is 18.5 Å². The molecule has 0 spiro atoms. The van der Waals surface area contributed by atoms with Crippen LogP contribution in [-0.4, -0.2) is 19.0 Å². The first-order chi connectivity index (χ1) is 5.27. The van der Waals surface area contributed by atoms with Crippen LogP contribution in [0, 0.1) is 0 Å². The van der Waals surface area contributed by atoms with Gasteiger partial charge in [0.05, 0.1) is 13.2 Å². The van der Waals surface area contributed by atoms with Crippen LogP contribution in [0.2, 0.25) is 0 Å². The maximum Gasteiger partial charge on any atom is 0.166 e. The Bertz CT molecular complexity index is 134. The molecule has 11 heavy (non-hydrogen) atoms. The smallest absolute Gasteiger partial charge is 0.166 e. The molecule has 0 aromatic heterocycles. The van der Waals surface area contributed by atoms with Gasteiger partial charge >= 0.3 is 0 Å². The van der Waals surface area contributed by atoms with Crippen LogP contribution in [0.4, 0.5) is 0 Å². The lowest BCUT2D eigenvalue weighted by Crippen LogP contribution is -2.24. The van der Waals surface area contributed by atoms with E-state index in [0.29, 0.717) is 0 Å². The van der Waals surface area contributed by atoms with E-state index in [4.69, 9.17) is 9.47 Å². The minimum absolute atomic E-state index is 0.306. The summed E-state index contributed by atoms with van der Waals surface area (Å²) in [6, 6.07) is 0. The monoisotopic (exact) mass is 156 g/mol. The fourth-order valence-electron chi connectivity index (χ4n) is 1.21. The average Bonchev–Trinajstić information content (AvgIpc) is 2.38. The summed E-state index contributed by atoms with van der Waals surface area (Å²) in [5, 5.41) is 0. The highest BCUT2D eigenvalue weighted by Gasteiger charge is 2.29. The van der Waals surface area contributed by atoms with Crippen molar-refractivity contribution < 1.29 is 9.47 Å². The summed E-state index contributed by atoms with van der Waals surface area (Å²) in [5.41, 5.74) is 0. The minimum atomic E-state index is -0.306. The van der Waals surface area contributed by atoms with Crippen molar-refractivity contribution in [3.63, 3.8) is 0 Å². The van der Waals surface area contributed by atoms with Crippen molar-refractivity contribution in [3.8, 4) is 0 Å². The van der Waals surface area contributed by atoms with Gasteiger partial charge in [-0.2, -0.15) is 0 Å². The highest BCUT2D eigenvalue weighted by molar-refractivity contribution is 4.80. The number of hydrogen-bond donors (Lipinski definition) is 0. The van der Waals surface area contributed by atoms with Crippen molar-refractivity contribution in [2.24, 2.45) is 0 Å². The zero-order valence-corrected chi connectivity index (χ0v) is 7.30. The molecule has 1 saturated heterocycles. The predicted octanol–water partition coefficient (Wildman–Crippen LogP) is 2.11. The molecule has 0 amide bonds. The van der Waals surface area contributed by atoms with E-state index in [1.807, 2.05) is 13.8 Å². The molecule has 0 saturated carbocycles. The third-order valence-corrected chi connectivity index (χ3v) is 1.90. The van der Waals surface area contributed by atoms with Gasteiger partial charge in [0.25, 0.3) is 0 Å². The third kappa shape index (κ3) is 2.64. The summed E-state index contributed by atoms with van der Waals surface area (Å²) in [5.74, 6) is -0.306. The van der Waals surface area contributed by atoms with E-state index in [0.717, 1.165) is 26.1 Å². The molecule has 2 heteroatoms. The number of rotatable bonds is 3. The maximum atomic E-state index is 5.43. The lowest BCUT2D eigenvalue weighted by atomic mass is 10.1. The Morgan fingerprint density at radius 2 is 2.00 bits per heavy atom. The Morgan fingerprint density at radius 1 is 1.36 bits per heavy atom. The summed E-state index contributed by atoms with van der Waals surface area (Å²) in [4.78, 5) is 0. The van der Waals surface area contributed by atoms with E-state index in [2.05, 4.69) is 12.2 Å². The fraction of sp³-hybridized carbons (Fsp3) is 0.778. The summed E-state index contributed by atoms with van der Waals surface area (Å²) >= 11 is 0. The van der Waals surface area contributed by atoms with Crippen molar-refractivity contribution >= 4 is 0 Å². The zero-order chi connectivity index (χ0) is 8.16. The molecule has 1 aliphatic rings. The number of hydrogen-bond acceptors (Lipinski definition) is 2. The third-order valence-electron chi connectivity index (χ3n) is 1.90. The number of allylic oxidation sites excluding steroid dienone is 2. The lowest BCUT2D eigenvalue weighted by Gasteiger charge is -2.20.